The molecule has 1 heterocycles. The van der Waals surface area contributed by atoms with E-state index in [1.54, 1.807) is 4.57 Å². The van der Waals surface area contributed by atoms with E-state index >= 15 is 0 Å². The largest absolute Gasteiger partial charge is 0.378 e. The Morgan fingerprint density at radius 2 is 1.86 bits per heavy atom. The van der Waals surface area contributed by atoms with Crippen molar-refractivity contribution in [2.45, 2.75) is 26.8 Å². The van der Waals surface area contributed by atoms with Crippen molar-refractivity contribution in [2.75, 3.05) is 24.3 Å². The number of H-pyrrole nitrogens is 1. The molecule has 1 aromatic carbocycles. The summed E-state index contributed by atoms with van der Waals surface area (Å²) in [6.07, 6.45) is 0.257. The van der Waals surface area contributed by atoms with E-state index in [9.17, 15) is 9.59 Å². The molecule has 0 fully saturated rings. The van der Waals surface area contributed by atoms with Crippen molar-refractivity contribution in [3.63, 3.8) is 0 Å². The first kappa shape index (κ1) is 15.9. The van der Waals surface area contributed by atoms with Crippen LogP contribution in [-0.4, -0.2) is 29.6 Å². The summed E-state index contributed by atoms with van der Waals surface area (Å²) in [5, 5.41) is 2.84. The van der Waals surface area contributed by atoms with Gasteiger partial charge in [-0.05, 0) is 38.1 Å². The Kier molecular flexibility index (Phi) is 4.70. The molecule has 0 spiro atoms. The summed E-state index contributed by atoms with van der Waals surface area (Å²) in [7, 11) is 3.93. The second-order valence-electron chi connectivity index (χ2n) is 5.53. The van der Waals surface area contributed by atoms with Gasteiger partial charge in [0, 0.05) is 49.8 Å². The third kappa shape index (κ3) is 3.58. The van der Waals surface area contributed by atoms with Gasteiger partial charge in [-0.25, -0.2) is 4.79 Å². The van der Waals surface area contributed by atoms with Crippen LogP contribution in [-0.2, 0) is 11.3 Å². The molecular formula is C16H22N4O2. The minimum Gasteiger partial charge on any atom is -0.378 e. The SMILES string of the molecule is Cc1[nH]c(=O)n(CCC(=O)Nc2ccc(N(C)C)cc2)c1C. The number of aromatic nitrogens is 2. The zero-order valence-corrected chi connectivity index (χ0v) is 13.4. The van der Waals surface area contributed by atoms with E-state index in [-0.39, 0.29) is 18.0 Å². The number of amides is 1. The van der Waals surface area contributed by atoms with Gasteiger partial charge < -0.3 is 15.2 Å². The van der Waals surface area contributed by atoms with Gasteiger partial charge in [-0.1, -0.05) is 0 Å². The minimum atomic E-state index is -0.168. The molecule has 1 aromatic heterocycles. The van der Waals surface area contributed by atoms with Gasteiger partial charge in [-0.15, -0.1) is 0 Å². The van der Waals surface area contributed by atoms with Crippen molar-refractivity contribution in [1.29, 1.82) is 0 Å². The van der Waals surface area contributed by atoms with Crippen LogP contribution in [0.4, 0.5) is 11.4 Å². The first-order valence-corrected chi connectivity index (χ1v) is 7.21. The normalized spacial score (nSPS) is 10.5. The van der Waals surface area contributed by atoms with Gasteiger partial charge in [0.2, 0.25) is 5.91 Å². The molecule has 118 valence electrons. The second kappa shape index (κ2) is 6.51. The fourth-order valence-corrected chi connectivity index (χ4v) is 2.22. The van der Waals surface area contributed by atoms with Gasteiger partial charge in [0.25, 0.3) is 0 Å². The number of imidazole rings is 1. The maximum absolute atomic E-state index is 12.0. The van der Waals surface area contributed by atoms with Crippen molar-refractivity contribution in [2.24, 2.45) is 0 Å². The summed E-state index contributed by atoms with van der Waals surface area (Å²) >= 11 is 0. The van der Waals surface area contributed by atoms with E-state index < -0.39 is 0 Å². The number of rotatable bonds is 5. The highest BCUT2D eigenvalue weighted by atomic mass is 16.2. The molecule has 2 N–H and O–H groups in total. The Morgan fingerprint density at radius 3 is 2.36 bits per heavy atom. The Hall–Kier alpha value is -2.50. The van der Waals surface area contributed by atoms with Gasteiger partial charge in [0.05, 0.1) is 0 Å². The Bertz CT molecular complexity index is 711. The number of benzene rings is 1. The smallest absolute Gasteiger partial charge is 0.325 e. The monoisotopic (exact) mass is 302 g/mol. The summed E-state index contributed by atoms with van der Waals surface area (Å²) < 4.78 is 1.59. The molecule has 1 amide bonds. The van der Waals surface area contributed by atoms with Gasteiger partial charge in [-0.2, -0.15) is 0 Å². The van der Waals surface area contributed by atoms with Crippen LogP contribution in [0.5, 0.6) is 0 Å². The summed E-state index contributed by atoms with van der Waals surface area (Å²) in [4.78, 5) is 28.4. The van der Waals surface area contributed by atoms with Crippen LogP contribution in [0.15, 0.2) is 29.1 Å². The summed E-state index contributed by atoms with van der Waals surface area (Å²) in [6.45, 7) is 4.08. The van der Waals surface area contributed by atoms with Crippen LogP contribution < -0.4 is 15.9 Å². The third-order valence-corrected chi connectivity index (χ3v) is 3.72. The molecule has 0 atom stereocenters. The number of aromatic amines is 1. The zero-order valence-electron chi connectivity index (χ0n) is 13.4. The lowest BCUT2D eigenvalue weighted by Gasteiger charge is -2.13. The molecule has 0 saturated carbocycles. The molecule has 0 aliphatic rings. The predicted molar refractivity (Wildman–Crippen MR) is 88.5 cm³/mol. The molecule has 6 heteroatoms. The highest BCUT2D eigenvalue weighted by Gasteiger charge is 2.09. The maximum atomic E-state index is 12.0. The molecule has 2 aromatic rings. The molecule has 2 rings (SSSR count). The topological polar surface area (TPSA) is 70.1 Å². The molecule has 0 aliphatic carbocycles. The van der Waals surface area contributed by atoms with Crippen molar-refractivity contribution in [1.82, 2.24) is 9.55 Å². The fourth-order valence-electron chi connectivity index (χ4n) is 2.22. The number of anilines is 2. The van der Waals surface area contributed by atoms with Crippen molar-refractivity contribution in [3.05, 3.63) is 46.1 Å². The van der Waals surface area contributed by atoms with Gasteiger partial charge in [0.1, 0.15) is 0 Å². The van der Waals surface area contributed by atoms with E-state index in [1.807, 2.05) is 57.1 Å². The lowest BCUT2D eigenvalue weighted by Crippen LogP contribution is -2.22. The number of carbonyl (C=O) groups is 1. The van der Waals surface area contributed by atoms with Gasteiger partial charge >= 0.3 is 5.69 Å². The summed E-state index contributed by atoms with van der Waals surface area (Å²) in [5.74, 6) is -0.109. The molecule has 0 unspecified atom stereocenters. The van der Waals surface area contributed by atoms with Gasteiger partial charge in [-0.3, -0.25) is 9.36 Å². The number of aryl methyl sites for hydroxylation is 1. The first-order valence-electron chi connectivity index (χ1n) is 7.21. The molecule has 0 bridgehead atoms. The Morgan fingerprint density at radius 1 is 1.23 bits per heavy atom. The number of carbonyl (C=O) groups excluding carboxylic acids is 1. The average Bonchev–Trinajstić information content (AvgIpc) is 2.70. The van der Waals surface area contributed by atoms with Crippen LogP contribution >= 0.6 is 0 Å². The lowest BCUT2D eigenvalue weighted by atomic mass is 10.2. The van der Waals surface area contributed by atoms with Crippen molar-refractivity contribution < 1.29 is 4.79 Å². The molecule has 6 nitrogen and oxygen atoms in total. The molecule has 0 aliphatic heterocycles. The molecule has 0 saturated heterocycles. The zero-order chi connectivity index (χ0) is 16.3. The standard InChI is InChI=1S/C16H22N4O2/c1-11-12(2)20(16(22)17-11)10-9-15(21)18-13-5-7-14(8-6-13)19(3)4/h5-8H,9-10H2,1-4H3,(H,17,22)(H,18,21). The van der Waals surface area contributed by atoms with Gasteiger partial charge in [0.15, 0.2) is 0 Å². The van der Waals surface area contributed by atoms with Crippen LogP contribution in [0.25, 0.3) is 0 Å². The van der Waals surface area contributed by atoms with Crippen molar-refractivity contribution >= 4 is 17.3 Å². The number of hydrogen-bond donors (Lipinski definition) is 2. The van der Waals surface area contributed by atoms with Crippen LogP contribution in [0.1, 0.15) is 17.8 Å². The first-order chi connectivity index (χ1) is 10.4. The molecular weight excluding hydrogens is 280 g/mol. The molecule has 22 heavy (non-hydrogen) atoms. The van der Waals surface area contributed by atoms with Crippen LogP contribution in [0.2, 0.25) is 0 Å². The van der Waals surface area contributed by atoms with E-state index in [4.69, 9.17) is 0 Å². The number of nitrogens with zero attached hydrogens (tertiary/aromatic N) is 2. The fraction of sp³-hybridized carbons (Fsp3) is 0.375. The summed E-state index contributed by atoms with van der Waals surface area (Å²) in [5.41, 5.74) is 3.36. The van der Waals surface area contributed by atoms with Crippen molar-refractivity contribution in [3.8, 4) is 0 Å². The Labute approximate surface area is 129 Å². The highest BCUT2D eigenvalue weighted by Crippen LogP contribution is 2.15. The third-order valence-electron chi connectivity index (χ3n) is 3.72. The van der Waals surface area contributed by atoms with E-state index in [1.165, 1.54) is 0 Å². The van der Waals surface area contributed by atoms with Crippen LogP contribution in [0, 0.1) is 13.8 Å². The number of nitrogens with one attached hydrogen (secondary N) is 2. The minimum absolute atomic E-state index is 0.109. The average molecular weight is 302 g/mol. The molecule has 0 radical (unpaired) electrons. The van der Waals surface area contributed by atoms with E-state index in [0.717, 1.165) is 22.8 Å². The van der Waals surface area contributed by atoms with E-state index in [0.29, 0.717) is 6.54 Å². The van der Waals surface area contributed by atoms with Crippen LogP contribution in [0.3, 0.4) is 0 Å². The summed E-state index contributed by atoms with van der Waals surface area (Å²) in [6, 6.07) is 7.62. The van der Waals surface area contributed by atoms with E-state index in [2.05, 4.69) is 10.3 Å². The lowest BCUT2D eigenvalue weighted by molar-refractivity contribution is -0.116. The quantitative estimate of drug-likeness (QED) is 0.886. The highest BCUT2D eigenvalue weighted by molar-refractivity contribution is 5.90. The number of hydrogen-bond acceptors (Lipinski definition) is 3. The predicted octanol–water partition coefficient (Wildman–Crippen LogP) is 1.89. The second-order valence-corrected chi connectivity index (χ2v) is 5.53. The maximum Gasteiger partial charge on any atom is 0.325 e. The Balaban J connectivity index is 1.94.